The highest BCUT2D eigenvalue weighted by Gasteiger charge is 2.25. The maximum Gasteiger partial charge on any atom is 0.229 e. The van der Waals surface area contributed by atoms with E-state index in [4.69, 9.17) is 14.7 Å². The van der Waals surface area contributed by atoms with Crippen molar-refractivity contribution in [2.45, 2.75) is 25.7 Å². The van der Waals surface area contributed by atoms with Crippen LogP contribution in [0.5, 0.6) is 5.75 Å². The number of halogens is 1. The van der Waals surface area contributed by atoms with Gasteiger partial charge >= 0.3 is 0 Å². The molecule has 0 amide bonds. The summed E-state index contributed by atoms with van der Waals surface area (Å²) < 4.78 is 21.9. The van der Waals surface area contributed by atoms with Crippen LogP contribution in [0.3, 0.4) is 0 Å². The lowest BCUT2D eigenvalue weighted by atomic mass is 10.1. The Morgan fingerprint density at radius 3 is 2.28 bits per heavy atom. The molecule has 0 N–H and O–H groups in total. The summed E-state index contributed by atoms with van der Waals surface area (Å²) in [5.74, 6) is 1.98. The van der Waals surface area contributed by atoms with Crippen molar-refractivity contribution in [2.24, 2.45) is 7.05 Å². The van der Waals surface area contributed by atoms with Gasteiger partial charge in [0.05, 0.1) is 18.2 Å². The number of aryl methyl sites for hydroxylation is 1. The Bertz CT molecular complexity index is 1050. The number of benzene rings is 1. The van der Waals surface area contributed by atoms with E-state index in [0.717, 1.165) is 54.7 Å². The van der Waals surface area contributed by atoms with Gasteiger partial charge in [0.1, 0.15) is 23.0 Å². The van der Waals surface area contributed by atoms with E-state index in [2.05, 4.69) is 9.80 Å². The molecule has 2 aliphatic heterocycles. The zero-order chi connectivity index (χ0) is 20.0. The van der Waals surface area contributed by atoms with Crippen molar-refractivity contribution in [1.82, 2.24) is 14.5 Å². The average molecular weight is 395 g/mol. The van der Waals surface area contributed by atoms with Gasteiger partial charge in [-0.3, -0.25) is 0 Å². The van der Waals surface area contributed by atoms with Crippen molar-refractivity contribution in [1.29, 1.82) is 0 Å². The molecular weight excluding hydrogens is 369 g/mol. The standard InChI is InChI=1S/C22H26FN5O/c1-26-19(16-8-7-15(29-2)13-18(16)23)14-17-20(26)24-22(28-11-5-6-12-28)25-21(17)27-9-3-4-10-27/h7-8,13-14H,3-6,9-12H2,1-2H3. The lowest BCUT2D eigenvalue weighted by Gasteiger charge is -2.21. The Balaban J connectivity index is 1.69. The molecule has 0 unspecified atom stereocenters. The Hall–Kier alpha value is -2.83. The number of ether oxygens (including phenoxy) is 1. The number of fused-ring (bicyclic) bond motifs is 1. The molecule has 29 heavy (non-hydrogen) atoms. The van der Waals surface area contributed by atoms with Crippen LogP contribution in [-0.2, 0) is 7.05 Å². The van der Waals surface area contributed by atoms with Gasteiger partial charge in [0.2, 0.25) is 5.95 Å². The van der Waals surface area contributed by atoms with E-state index in [0.29, 0.717) is 11.3 Å². The Morgan fingerprint density at radius 1 is 0.931 bits per heavy atom. The summed E-state index contributed by atoms with van der Waals surface area (Å²) >= 11 is 0. The zero-order valence-electron chi connectivity index (χ0n) is 17.0. The summed E-state index contributed by atoms with van der Waals surface area (Å²) in [4.78, 5) is 14.5. The van der Waals surface area contributed by atoms with Gasteiger partial charge in [0.25, 0.3) is 0 Å². The van der Waals surface area contributed by atoms with E-state index in [1.807, 2.05) is 17.7 Å². The quantitative estimate of drug-likeness (QED) is 0.669. The van der Waals surface area contributed by atoms with Crippen molar-refractivity contribution < 1.29 is 9.13 Å². The molecule has 2 aliphatic rings. The van der Waals surface area contributed by atoms with Gasteiger partial charge in [-0.1, -0.05) is 0 Å². The normalized spacial score (nSPS) is 16.9. The first-order valence-electron chi connectivity index (χ1n) is 10.4. The molecule has 7 heteroatoms. The highest BCUT2D eigenvalue weighted by molar-refractivity contribution is 5.94. The number of hydrogen-bond acceptors (Lipinski definition) is 5. The molecule has 2 fully saturated rings. The maximum absolute atomic E-state index is 14.8. The van der Waals surface area contributed by atoms with Crippen LogP contribution in [0.1, 0.15) is 25.7 Å². The lowest BCUT2D eigenvalue weighted by molar-refractivity contribution is 0.411. The first-order valence-corrected chi connectivity index (χ1v) is 10.4. The Morgan fingerprint density at radius 2 is 1.62 bits per heavy atom. The van der Waals surface area contributed by atoms with E-state index in [1.165, 1.54) is 31.7 Å². The SMILES string of the molecule is COc1ccc(-c2cc3c(N4CCCC4)nc(N4CCCC4)nc3n2C)c(F)c1. The molecule has 5 rings (SSSR count). The van der Waals surface area contributed by atoms with E-state index in [1.54, 1.807) is 19.2 Å². The molecule has 2 saturated heterocycles. The fourth-order valence-corrected chi connectivity index (χ4v) is 4.48. The van der Waals surface area contributed by atoms with Gasteiger partial charge in [-0.2, -0.15) is 9.97 Å². The van der Waals surface area contributed by atoms with E-state index < -0.39 is 0 Å². The van der Waals surface area contributed by atoms with Crippen molar-refractivity contribution in [3.05, 3.63) is 30.1 Å². The Kier molecular flexibility index (Phi) is 4.53. The largest absolute Gasteiger partial charge is 0.497 e. The molecule has 0 aliphatic carbocycles. The van der Waals surface area contributed by atoms with Crippen LogP contribution >= 0.6 is 0 Å². The van der Waals surface area contributed by atoms with Crippen LogP contribution in [0, 0.1) is 5.82 Å². The van der Waals surface area contributed by atoms with Crippen LogP contribution in [0.25, 0.3) is 22.3 Å². The number of hydrogen-bond donors (Lipinski definition) is 0. The zero-order valence-corrected chi connectivity index (χ0v) is 17.0. The first-order chi connectivity index (χ1) is 14.2. The van der Waals surface area contributed by atoms with Crippen LogP contribution < -0.4 is 14.5 Å². The van der Waals surface area contributed by atoms with Crippen LogP contribution in [0.15, 0.2) is 24.3 Å². The molecule has 152 valence electrons. The minimum atomic E-state index is -0.300. The van der Waals surface area contributed by atoms with Crippen LogP contribution in [0.4, 0.5) is 16.2 Å². The number of methoxy groups -OCH3 is 1. The van der Waals surface area contributed by atoms with Crippen molar-refractivity contribution >= 4 is 22.8 Å². The fraction of sp³-hybridized carbons (Fsp3) is 0.455. The molecule has 4 heterocycles. The third-order valence-corrected chi connectivity index (χ3v) is 6.10. The number of nitrogens with zero attached hydrogens (tertiary/aromatic N) is 5. The molecule has 0 radical (unpaired) electrons. The highest BCUT2D eigenvalue weighted by atomic mass is 19.1. The predicted octanol–water partition coefficient (Wildman–Crippen LogP) is 3.98. The second-order valence-electron chi connectivity index (χ2n) is 7.91. The second kappa shape index (κ2) is 7.21. The minimum absolute atomic E-state index is 0.300. The van der Waals surface area contributed by atoms with Crippen LogP contribution in [-0.4, -0.2) is 47.8 Å². The van der Waals surface area contributed by atoms with Gasteiger partial charge in [0.15, 0.2) is 0 Å². The monoisotopic (exact) mass is 395 g/mol. The Labute approximate surface area is 169 Å². The van der Waals surface area contributed by atoms with E-state index >= 15 is 0 Å². The average Bonchev–Trinajstić information content (AvgIpc) is 3.49. The van der Waals surface area contributed by atoms with Gasteiger partial charge in [-0.25, -0.2) is 4.39 Å². The smallest absolute Gasteiger partial charge is 0.229 e. The molecule has 3 aromatic rings. The van der Waals surface area contributed by atoms with Gasteiger partial charge in [0, 0.05) is 44.9 Å². The fourth-order valence-electron chi connectivity index (χ4n) is 4.48. The summed E-state index contributed by atoms with van der Waals surface area (Å²) in [5, 5.41) is 0.988. The third-order valence-electron chi connectivity index (χ3n) is 6.10. The summed E-state index contributed by atoms with van der Waals surface area (Å²) in [6.45, 7) is 4.00. The van der Waals surface area contributed by atoms with E-state index in [9.17, 15) is 4.39 Å². The number of anilines is 2. The lowest BCUT2D eigenvalue weighted by Crippen LogP contribution is -2.24. The topological polar surface area (TPSA) is 46.4 Å². The summed E-state index contributed by atoms with van der Waals surface area (Å²) in [6, 6.07) is 7.02. The summed E-state index contributed by atoms with van der Waals surface area (Å²) in [6.07, 6.45) is 4.71. The molecule has 0 atom stereocenters. The maximum atomic E-state index is 14.8. The molecule has 0 spiro atoms. The predicted molar refractivity (Wildman–Crippen MR) is 113 cm³/mol. The molecule has 1 aromatic carbocycles. The van der Waals surface area contributed by atoms with Crippen molar-refractivity contribution in [3.63, 3.8) is 0 Å². The highest BCUT2D eigenvalue weighted by Crippen LogP contribution is 2.36. The van der Waals surface area contributed by atoms with E-state index in [-0.39, 0.29) is 5.82 Å². The number of aromatic nitrogens is 3. The molecule has 2 aromatic heterocycles. The van der Waals surface area contributed by atoms with Crippen LogP contribution in [0.2, 0.25) is 0 Å². The molecular formula is C22H26FN5O. The first kappa shape index (κ1) is 18.2. The van der Waals surface area contributed by atoms with Gasteiger partial charge < -0.3 is 19.1 Å². The molecule has 0 saturated carbocycles. The second-order valence-corrected chi connectivity index (χ2v) is 7.91. The number of rotatable bonds is 4. The van der Waals surface area contributed by atoms with Gasteiger partial charge in [-0.05, 0) is 43.9 Å². The molecule has 0 bridgehead atoms. The third kappa shape index (κ3) is 3.09. The minimum Gasteiger partial charge on any atom is -0.497 e. The van der Waals surface area contributed by atoms with Gasteiger partial charge in [-0.15, -0.1) is 0 Å². The van der Waals surface area contributed by atoms with Crippen molar-refractivity contribution in [3.8, 4) is 17.0 Å². The molecule has 6 nitrogen and oxygen atoms in total. The van der Waals surface area contributed by atoms with Crippen molar-refractivity contribution in [2.75, 3.05) is 43.1 Å². The summed E-state index contributed by atoms with van der Waals surface area (Å²) in [7, 11) is 3.50. The summed E-state index contributed by atoms with van der Waals surface area (Å²) in [5.41, 5.74) is 2.20.